The van der Waals surface area contributed by atoms with Gasteiger partial charge in [-0.15, -0.1) is 11.3 Å². The van der Waals surface area contributed by atoms with Crippen molar-refractivity contribution >= 4 is 34.4 Å². The number of aliphatic hydroxyl groups is 2. The molecule has 1 aromatic heterocycles. The second-order valence-corrected chi connectivity index (χ2v) is 11.3. The number of benzene rings is 2. The van der Waals surface area contributed by atoms with Crippen molar-refractivity contribution in [3.63, 3.8) is 0 Å². The molecule has 2 unspecified atom stereocenters. The molecule has 3 aromatic rings. The molecule has 1 aliphatic carbocycles. The molecule has 4 N–H and O–H groups in total. The van der Waals surface area contributed by atoms with Crippen LogP contribution >= 0.6 is 11.3 Å². The van der Waals surface area contributed by atoms with Gasteiger partial charge in [-0.1, -0.05) is 24.3 Å². The predicted octanol–water partition coefficient (Wildman–Crippen LogP) is 4.35. The molecule has 0 fully saturated rings. The van der Waals surface area contributed by atoms with E-state index in [1.807, 2.05) is 11.0 Å². The molecule has 0 radical (unpaired) electrons. The van der Waals surface area contributed by atoms with Crippen LogP contribution in [0.4, 0.5) is 9.39 Å². The zero-order valence-electron chi connectivity index (χ0n) is 22.7. The number of nitrogens with one attached hydrogen (secondary N) is 2. The summed E-state index contributed by atoms with van der Waals surface area (Å²) in [6.07, 6.45) is 3.93. The number of hydrazone groups is 1. The Hall–Kier alpha value is -3.44. The lowest BCUT2D eigenvalue weighted by molar-refractivity contribution is 0.0793. The molecule has 1 aliphatic rings. The molecule has 0 saturated carbocycles. The molecule has 8 nitrogen and oxygen atoms in total. The highest BCUT2D eigenvalue weighted by Gasteiger charge is 2.26. The number of hydrogen-bond acceptors (Lipinski definition) is 7. The second-order valence-electron chi connectivity index (χ2n) is 10.2. The van der Waals surface area contributed by atoms with Crippen molar-refractivity contribution in [2.45, 2.75) is 58.3 Å². The number of anilines is 1. The van der Waals surface area contributed by atoms with Gasteiger partial charge in [0.1, 0.15) is 10.8 Å². The summed E-state index contributed by atoms with van der Waals surface area (Å²) in [5, 5.41) is 27.2. The highest BCUT2D eigenvalue weighted by molar-refractivity contribution is 7.17. The molecule has 0 bridgehead atoms. The van der Waals surface area contributed by atoms with Gasteiger partial charge in [0.05, 0.1) is 24.0 Å². The summed E-state index contributed by atoms with van der Waals surface area (Å²) in [5.74, 6) is -1.09. The number of carbonyl (C=O) groups is 2. The molecular formula is C30H35FN4O4S. The number of nitrogens with zero attached hydrogens (tertiary/aromatic N) is 2. The highest BCUT2D eigenvalue weighted by Crippen LogP contribution is 2.38. The van der Waals surface area contributed by atoms with Gasteiger partial charge in [-0.3, -0.25) is 14.5 Å². The summed E-state index contributed by atoms with van der Waals surface area (Å²) in [7, 11) is 0. The normalized spacial score (nSPS) is 14.7. The lowest BCUT2D eigenvalue weighted by Crippen LogP contribution is -2.35. The fourth-order valence-corrected chi connectivity index (χ4v) is 6.14. The third-order valence-corrected chi connectivity index (χ3v) is 7.72. The topological polar surface area (TPSA) is 114 Å². The Labute approximate surface area is 237 Å². The Kier molecular flexibility index (Phi) is 10.2. The largest absolute Gasteiger partial charge is 0.392 e. The summed E-state index contributed by atoms with van der Waals surface area (Å²) in [6, 6.07) is 13.0. The van der Waals surface area contributed by atoms with Crippen molar-refractivity contribution in [3.05, 3.63) is 87.0 Å². The van der Waals surface area contributed by atoms with E-state index in [1.54, 1.807) is 44.2 Å². The van der Waals surface area contributed by atoms with Crippen LogP contribution in [-0.4, -0.2) is 58.4 Å². The summed E-state index contributed by atoms with van der Waals surface area (Å²) < 4.78 is 13.2. The minimum Gasteiger partial charge on any atom is -0.392 e. The van der Waals surface area contributed by atoms with Crippen LogP contribution in [0.25, 0.3) is 0 Å². The first-order valence-electron chi connectivity index (χ1n) is 13.4. The maximum atomic E-state index is 13.3. The molecule has 2 amide bonds. The van der Waals surface area contributed by atoms with E-state index >= 15 is 0 Å². The van der Waals surface area contributed by atoms with Gasteiger partial charge >= 0.3 is 0 Å². The number of carbonyl (C=O) groups excluding carboxylic acids is 2. The molecular weight excluding hydrogens is 531 g/mol. The van der Waals surface area contributed by atoms with Crippen LogP contribution in [0.15, 0.2) is 53.6 Å². The Morgan fingerprint density at radius 3 is 2.45 bits per heavy atom. The maximum Gasteiger partial charge on any atom is 0.274 e. The van der Waals surface area contributed by atoms with Crippen LogP contribution in [0.2, 0.25) is 0 Å². The molecule has 0 spiro atoms. The Bertz CT molecular complexity index is 1340. The summed E-state index contributed by atoms with van der Waals surface area (Å²) in [6.45, 7) is 4.64. The van der Waals surface area contributed by atoms with Crippen molar-refractivity contribution in [1.29, 1.82) is 0 Å². The Morgan fingerprint density at radius 2 is 1.75 bits per heavy atom. The zero-order chi connectivity index (χ0) is 28.6. The lowest BCUT2D eigenvalue weighted by Gasteiger charge is -2.25. The monoisotopic (exact) mass is 566 g/mol. The van der Waals surface area contributed by atoms with Gasteiger partial charge in [0.2, 0.25) is 0 Å². The fraction of sp³-hybridized carbons (Fsp3) is 0.367. The molecule has 212 valence electrons. The number of fused-ring (bicyclic) bond motifs is 1. The predicted molar refractivity (Wildman–Crippen MR) is 155 cm³/mol. The number of hydrogen-bond donors (Lipinski definition) is 4. The smallest absolute Gasteiger partial charge is 0.274 e. The molecule has 10 heteroatoms. The van der Waals surface area contributed by atoms with E-state index in [2.05, 4.69) is 15.8 Å². The molecule has 0 aliphatic heterocycles. The molecule has 40 heavy (non-hydrogen) atoms. The Balaban J connectivity index is 1.51. The number of halogens is 1. The lowest BCUT2D eigenvalue weighted by atomic mass is 9.95. The van der Waals surface area contributed by atoms with E-state index < -0.39 is 18.1 Å². The summed E-state index contributed by atoms with van der Waals surface area (Å²) >= 11 is 1.42. The zero-order valence-corrected chi connectivity index (χ0v) is 23.5. The minimum absolute atomic E-state index is 0.332. The van der Waals surface area contributed by atoms with Crippen molar-refractivity contribution in [2.75, 3.05) is 18.4 Å². The fourth-order valence-electron chi connectivity index (χ4n) is 4.86. The first-order valence-corrected chi connectivity index (χ1v) is 14.2. The highest BCUT2D eigenvalue weighted by atomic mass is 32.1. The van der Waals surface area contributed by atoms with E-state index in [0.29, 0.717) is 41.3 Å². The van der Waals surface area contributed by atoms with Gasteiger partial charge < -0.3 is 15.5 Å². The van der Waals surface area contributed by atoms with E-state index in [-0.39, 0.29) is 11.7 Å². The van der Waals surface area contributed by atoms with Crippen LogP contribution in [-0.2, 0) is 19.4 Å². The molecule has 1 heterocycles. The van der Waals surface area contributed by atoms with Gasteiger partial charge in [0, 0.05) is 30.1 Å². The number of thiophene rings is 1. The first kappa shape index (κ1) is 29.5. The quantitative estimate of drug-likeness (QED) is 0.204. The van der Waals surface area contributed by atoms with Crippen LogP contribution in [0.1, 0.15) is 69.0 Å². The van der Waals surface area contributed by atoms with Crippen molar-refractivity contribution in [2.24, 2.45) is 5.10 Å². The van der Waals surface area contributed by atoms with Gasteiger partial charge in [0.25, 0.3) is 11.8 Å². The number of aryl methyl sites for hydroxylation is 1. The minimum atomic E-state index is -0.556. The third-order valence-electron chi connectivity index (χ3n) is 6.52. The third kappa shape index (κ3) is 8.04. The molecule has 0 saturated heterocycles. The average Bonchev–Trinajstić information content (AvgIpc) is 3.27. The van der Waals surface area contributed by atoms with Crippen LogP contribution in [0.3, 0.4) is 0 Å². The molecule has 4 rings (SSSR count). The van der Waals surface area contributed by atoms with Gasteiger partial charge in [-0.05, 0) is 80.5 Å². The van der Waals surface area contributed by atoms with Crippen molar-refractivity contribution in [3.8, 4) is 0 Å². The number of aliphatic hydroxyl groups excluding tert-OH is 2. The standard InChI is InChI=1S/C30H35FN4O4S/c1-19(36)16-35(17-20(2)37)18-22-6-5-7-23(14-22)28(38)33-30-27(25-8-3-4-9-26(25)40-30)29(39)34-32-15-21-10-12-24(31)13-11-21/h5-7,10-15,19-20,36-37H,3-4,8-9,16-18H2,1-2H3,(H,33,38)(H,34,39). The molecule has 2 aromatic carbocycles. The summed E-state index contributed by atoms with van der Waals surface area (Å²) in [5.41, 5.74) is 5.89. The van der Waals surface area contributed by atoms with Crippen molar-refractivity contribution in [1.82, 2.24) is 10.3 Å². The molecule has 2 atom stereocenters. The Morgan fingerprint density at radius 1 is 1.05 bits per heavy atom. The SMILES string of the molecule is CC(O)CN(Cc1cccc(C(=O)Nc2sc3c(c2C(=O)NN=Cc2ccc(F)cc2)CCCC3)c1)CC(C)O. The van der Waals surface area contributed by atoms with Crippen molar-refractivity contribution < 1.29 is 24.2 Å². The van der Waals surface area contributed by atoms with E-state index in [0.717, 1.165) is 41.7 Å². The average molecular weight is 567 g/mol. The van der Waals surface area contributed by atoms with Crippen LogP contribution in [0.5, 0.6) is 0 Å². The summed E-state index contributed by atoms with van der Waals surface area (Å²) in [4.78, 5) is 29.6. The van der Waals surface area contributed by atoms with Crippen LogP contribution < -0.4 is 10.7 Å². The second kappa shape index (κ2) is 13.8. The van der Waals surface area contributed by atoms with Crippen LogP contribution in [0, 0.1) is 5.82 Å². The van der Waals surface area contributed by atoms with E-state index in [9.17, 15) is 24.2 Å². The maximum absolute atomic E-state index is 13.3. The van der Waals surface area contributed by atoms with Gasteiger partial charge in [-0.2, -0.15) is 5.10 Å². The number of rotatable bonds is 11. The van der Waals surface area contributed by atoms with E-state index in [1.165, 1.54) is 29.7 Å². The first-order chi connectivity index (χ1) is 19.2. The van der Waals surface area contributed by atoms with Gasteiger partial charge in [-0.25, -0.2) is 9.82 Å². The van der Waals surface area contributed by atoms with E-state index in [4.69, 9.17) is 0 Å². The van der Waals surface area contributed by atoms with Gasteiger partial charge in [0.15, 0.2) is 0 Å². The number of amides is 2.